The Morgan fingerprint density at radius 1 is 1.04 bits per heavy atom. The Morgan fingerprint density at radius 2 is 1.96 bits per heavy atom. The van der Waals surface area contributed by atoms with Crippen LogP contribution in [0.5, 0.6) is 0 Å². The molecule has 1 N–H and O–H groups in total. The van der Waals surface area contributed by atoms with Gasteiger partial charge >= 0.3 is 0 Å². The molecule has 27 heavy (non-hydrogen) atoms. The molecule has 4 nitrogen and oxygen atoms in total. The first kappa shape index (κ1) is 16.5. The standard InChI is InChI=1S/C23H23N3O/c1-2-5-18-14-19(9-8-17(18)4-1)21-6-3-7-23-22(21)15-25-26(23)12-10-20-16-27-13-11-24-20/h1-9,14-15,20,24H,10-13,16H2. The molecule has 1 aliphatic heterocycles. The summed E-state index contributed by atoms with van der Waals surface area (Å²) in [5.41, 5.74) is 3.67. The fourth-order valence-corrected chi connectivity index (χ4v) is 3.97. The van der Waals surface area contributed by atoms with Gasteiger partial charge in [0.25, 0.3) is 0 Å². The van der Waals surface area contributed by atoms with E-state index in [9.17, 15) is 0 Å². The highest BCUT2D eigenvalue weighted by atomic mass is 16.5. The molecule has 5 rings (SSSR count). The summed E-state index contributed by atoms with van der Waals surface area (Å²) in [4.78, 5) is 0. The number of rotatable bonds is 4. The molecule has 0 aliphatic carbocycles. The van der Waals surface area contributed by atoms with Crippen molar-refractivity contribution in [2.45, 2.75) is 19.0 Å². The number of aromatic nitrogens is 2. The van der Waals surface area contributed by atoms with Crippen molar-refractivity contribution in [2.75, 3.05) is 19.8 Å². The van der Waals surface area contributed by atoms with Gasteiger partial charge in [-0.25, -0.2) is 0 Å². The molecule has 0 bridgehead atoms. The van der Waals surface area contributed by atoms with Gasteiger partial charge in [0.1, 0.15) is 0 Å². The van der Waals surface area contributed by atoms with Crippen LogP contribution in [0.15, 0.2) is 66.9 Å². The lowest BCUT2D eigenvalue weighted by Gasteiger charge is -2.23. The minimum atomic E-state index is 0.418. The molecule has 0 spiro atoms. The number of hydrogen-bond donors (Lipinski definition) is 1. The predicted octanol–water partition coefficient (Wildman–Crippen LogP) is 4.24. The first-order chi connectivity index (χ1) is 13.4. The van der Waals surface area contributed by atoms with Crippen LogP contribution in [0.4, 0.5) is 0 Å². The molecule has 1 aliphatic rings. The summed E-state index contributed by atoms with van der Waals surface area (Å²) in [7, 11) is 0. The third kappa shape index (κ3) is 3.22. The zero-order valence-corrected chi connectivity index (χ0v) is 15.3. The second-order valence-electron chi connectivity index (χ2n) is 7.18. The van der Waals surface area contributed by atoms with E-state index in [1.807, 2.05) is 6.20 Å². The average Bonchev–Trinajstić information content (AvgIpc) is 3.16. The van der Waals surface area contributed by atoms with Gasteiger partial charge in [-0.1, -0.05) is 48.5 Å². The Morgan fingerprint density at radius 3 is 2.85 bits per heavy atom. The zero-order chi connectivity index (χ0) is 18.1. The van der Waals surface area contributed by atoms with E-state index in [1.54, 1.807) is 0 Å². The topological polar surface area (TPSA) is 39.1 Å². The van der Waals surface area contributed by atoms with Crippen LogP contribution >= 0.6 is 0 Å². The van der Waals surface area contributed by atoms with Gasteiger partial charge in [-0.15, -0.1) is 0 Å². The van der Waals surface area contributed by atoms with E-state index < -0.39 is 0 Å². The van der Waals surface area contributed by atoms with E-state index in [0.29, 0.717) is 6.04 Å². The SMILES string of the molecule is c1ccc2cc(-c3cccc4c3cnn4CCC3COCCN3)ccc2c1. The van der Waals surface area contributed by atoms with Crippen LogP contribution < -0.4 is 5.32 Å². The van der Waals surface area contributed by atoms with Gasteiger partial charge in [-0.2, -0.15) is 5.10 Å². The number of nitrogens with zero attached hydrogens (tertiary/aromatic N) is 2. The Hall–Kier alpha value is -2.69. The smallest absolute Gasteiger partial charge is 0.0688 e. The number of ether oxygens (including phenoxy) is 1. The van der Waals surface area contributed by atoms with Crippen molar-refractivity contribution in [1.29, 1.82) is 0 Å². The van der Waals surface area contributed by atoms with E-state index in [4.69, 9.17) is 4.74 Å². The predicted molar refractivity (Wildman–Crippen MR) is 110 cm³/mol. The third-order valence-corrected chi connectivity index (χ3v) is 5.44. The first-order valence-corrected chi connectivity index (χ1v) is 9.63. The van der Waals surface area contributed by atoms with Crippen LogP contribution in [0.3, 0.4) is 0 Å². The Balaban J connectivity index is 1.47. The lowest BCUT2D eigenvalue weighted by Crippen LogP contribution is -2.41. The fourth-order valence-electron chi connectivity index (χ4n) is 3.97. The molecule has 0 saturated carbocycles. The van der Waals surface area contributed by atoms with Crippen LogP contribution in [-0.4, -0.2) is 35.6 Å². The van der Waals surface area contributed by atoms with Crippen LogP contribution in [0.1, 0.15) is 6.42 Å². The summed E-state index contributed by atoms with van der Waals surface area (Å²) in [6.07, 6.45) is 3.03. The quantitative estimate of drug-likeness (QED) is 0.594. The highest BCUT2D eigenvalue weighted by molar-refractivity contribution is 5.97. The molecular weight excluding hydrogens is 334 g/mol. The molecule has 4 aromatic rings. The van der Waals surface area contributed by atoms with Crippen molar-refractivity contribution >= 4 is 21.7 Å². The van der Waals surface area contributed by atoms with E-state index in [1.165, 1.54) is 32.8 Å². The maximum Gasteiger partial charge on any atom is 0.0688 e. The summed E-state index contributed by atoms with van der Waals surface area (Å²) < 4.78 is 7.68. The number of hydrogen-bond acceptors (Lipinski definition) is 3. The monoisotopic (exact) mass is 357 g/mol. The van der Waals surface area contributed by atoms with Crippen LogP contribution in [0.2, 0.25) is 0 Å². The zero-order valence-electron chi connectivity index (χ0n) is 15.3. The van der Waals surface area contributed by atoms with Crippen molar-refractivity contribution < 1.29 is 4.74 Å². The van der Waals surface area contributed by atoms with Crippen LogP contribution in [-0.2, 0) is 11.3 Å². The van der Waals surface area contributed by atoms with Crippen LogP contribution in [0, 0.1) is 0 Å². The normalized spacial score (nSPS) is 17.6. The van der Waals surface area contributed by atoms with Crippen molar-refractivity contribution in [3.05, 3.63) is 66.9 Å². The van der Waals surface area contributed by atoms with Gasteiger partial charge in [0, 0.05) is 24.5 Å². The summed E-state index contributed by atoms with van der Waals surface area (Å²) in [6, 6.07) is 22.1. The maximum atomic E-state index is 5.56. The fraction of sp³-hybridized carbons (Fsp3) is 0.261. The lowest BCUT2D eigenvalue weighted by molar-refractivity contribution is 0.0726. The number of benzene rings is 3. The Labute approximate surface area is 158 Å². The Kier molecular flexibility index (Phi) is 4.36. The number of morpholine rings is 1. The van der Waals surface area contributed by atoms with Gasteiger partial charge in [-0.3, -0.25) is 4.68 Å². The average molecular weight is 357 g/mol. The number of nitrogens with one attached hydrogen (secondary N) is 1. The van der Waals surface area contributed by atoms with E-state index >= 15 is 0 Å². The van der Waals surface area contributed by atoms with Crippen molar-refractivity contribution in [2.24, 2.45) is 0 Å². The minimum Gasteiger partial charge on any atom is -0.379 e. The highest BCUT2D eigenvalue weighted by Crippen LogP contribution is 2.30. The molecule has 1 saturated heterocycles. The molecule has 1 fully saturated rings. The van der Waals surface area contributed by atoms with Crippen LogP contribution in [0.25, 0.3) is 32.8 Å². The van der Waals surface area contributed by atoms with E-state index in [2.05, 4.69) is 75.8 Å². The van der Waals surface area contributed by atoms with Gasteiger partial charge < -0.3 is 10.1 Å². The van der Waals surface area contributed by atoms with Crippen molar-refractivity contribution in [1.82, 2.24) is 15.1 Å². The molecule has 4 heteroatoms. The first-order valence-electron chi connectivity index (χ1n) is 9.63. The minimum absolute atomic E-state index is 0.418. The van der Waals surface area contributed by atoms with Gasteiger partial charge in [0.2, 0.25) is 0 Å². The lowest BCUT2D eigenvalue weighted by atomic mass is 9.99. The second kappa shape index (κ2) is 7.14. The molecule has 0 radical (unpaired) electrons. The molecular formula is C23H23N3O. The van der Waals surface area contributed by atoms with E-state index in [-0.39, 0.29) is 0 Å². The summed E-state index contributed by atoms with van der Waals surface area (Å²) in [5.74, 6) is 0. The molecule has 0 amide bonds. The van der Waals surface area contributed by atoms with Crippen molar-refractivity contribution in [3.63, 3.8) is 0 Å². The van der Waals surface area contributed by atoms with Gasteiger partial charge in [-0.05, 0) is 40.5 Å². The number of fused-ring (bicyclic) bond motifs is 2. The van der Waals surface area contributed by atoms with Gasteiger partial charge in [0.15, 0.2) is 0 Å². The molecule has 2 heterocycles. The van der Waals surface area contributed by atoms with Crippen molar-refractivity contribution in [3.8, 4) is 11.1 Å². The molecule has 1 atom stereocenters. The number of aryl methyl sites for hydroxylation is 1. The second-order valence-corrected chi connectivity index (χ2v) is 7.18. The maximum absolute atomic E-state index is 5.56. The summed E-state index contributed by atoms with van der Waals surface area (Å²) >= 11 is 0. The molecule has 3 aromatic carbocycles. The Bertz CT molecular complexity index is 1080. The molecule has 136 valence electrons. The highest BCUT2D eigenvalue weighted by Gasteiger charge is 2.14. The molecule has 1 unspecified atom stereocenters. The van der Waals surface area contributed by atoms with Gasteiger partial charge in [0.05, 0.1) is 24.9 Å². The summed E-state index contributed by atoms with van der Waals surface area (Å²) in [6.45, 7) is 3.44. The van der Waals surface area contributed by atoms with E-state index in [0.717, 1.165) is 32.7 Å². The largest absolute Gasteiger partial charge is 0.379 e. The third-order valence-electron chi connectivity index (χ3n) is 5.44. The summed E-state index contributed by atoms with van der Waals surface area (Å²) in [5, 5.41) is 11.9. The molecule has 1 aromatic heterocycles.